The van der Waals surface area contributed by atoms with Gasteiger partial charge in [-0.3, -0.25) is 4.98 Å². The Hall–Kier alpha value is -3.15. The molecule has 0 radical (unpaired) electrons. The fourth-order valence-corrected chi connectivity index (χ4v) is 2.53. The summed E-state index contributed by atoms with van der Waals surface area (Å²) < 4.78 is 1.90. The maximum atomic E-state index is 4.58. The van der Waals surface area contributed by atoms with Crippen LogP contribution in [-0.4, -0.2) is 33.8 Å². The SMILES string of the molecule is CCNC(=NCc1ccccn1)NCCc1cnn(-c2ccccc2)c1. The van der Waals surface area contributed by atoms with Gasteiger partial charge in [0.05, 0.1) is 24.1 Å². The minimum absolute atomic E-state index is 0.558. The molecule has 3 aromatic rings. The van der Waals surface area contributed by atoms with Crippen LogP contribution >= 0.6 is 0 Å². The number of hydrogen-bond acceptors (Lipinski definition) is 3. The summed E-state index contributed by atoms with van der Waals surface area (Å²) in [4.78, 5) is 8.88. The van der Waals surface area contributed by atoms with Crippen LogP contribution in [0.15, 0.2) is 72.1 Å². The van der Waals surface area contributed by atoms with Gasteiger partial charge in [0.1, 0.15) is 0 Å². The second-order valence-corrected chi connectivity index (χ2v) is 5.82. The van der Waals surface area contributed by atoms with Crippen molar-refractivity contribution in [2.45, 2.75) is 19.9 Å². The third-order valence-corrected chi connectivity index (χ3v) is 3.83. The van der Waals surface area contributed by atoms with Crippen LogP contribution in [0.3, 0.4) is 0 Å². The maximum Gasteiger partial charge on any atom is 0.191 e. The van der Waals surface area contributed by atoms with Crippen molar-refractivity contribution in [3.8, 4) is 5.69 Å². The van der Waals surface area contributed by atoms with E-state index in [0.29, 0.717) is 6.54 Å². The van der Waals surface area contributed by atoms with Gasteiger partial charge in [-0.25, -0.2) is 9.67 Å². The van der Waals surface area contributed by atoms with Crippen molar-refractivity contribution in [2.75, 3.05) is 13.1 Å². The number of guanidine groups is 1. The van der Waals surface area contributed by atoms with Gasteiger partial charge in [-0.05, 0) is 43.2 Å². The summed E-state index contributed by atoms with van der Waals surface area (Å²) in [5, 5.41) is 11.1. The van der Waals surface area contributed by atoms with E-state index in [1.54, 1.807) is 6.20 Å². The van der Waals surface area contributed by atoms with Crippen molar-refractivity contribution in [2.24, 2.45) is 4.99 Å². The Bertz CT molecular complexity index is 811. The van der Waals surface area contributed by atoms with Crippen molar-refractivity contribution in [3.05, 3.63) is 78.4 Å². The lowest BCUT2D eigenvalue weighted by atomic mass is 10.2. The van der Waals surface area contributed by atoms with Crippen molar-refractivity contribution in [1.82, 2.24) is 25.4 Å². The summed E-state index contributed by atoms with van der Waals surface area (Å²) in [5.74, 6) is 0.800. The van der Waals surface area contributed by atoms with Crippen LogP contribution in [0, 0.1) is 0 Å². The molecule has 2 aromatic heterocycles. The third kappa shape index (κ3) is 5.17. The molecule has 0 atom stereocenters. The second kappa shape index (κ2) is 9.36. The lowest BCUT2D eigenvalue weighted by molar-refractivity contribution is 0.796. The van der Waals surface area contributed by atoms with Crippen LogP contribution in [0.25, 0.3) is 5.69 Å². The number of nitrogens with zero attached hydrogens (tertiary/aromatic N) is 4. The van der Waals surface area contributed by atoms with Gasteiger partial charge >= 0.3 is 0 Å². The quantitative estimate of drug-likeness (QED) is 0.509. The van der Waals surface area contributed by atoms with Crippen LogP contribution in [0.2, 0.25) is 0 Å². The molecule has 26 heavy (non-hydrogen) atoms. The summed E-state index contributed by atoms with van der Waals surface area (Å²) in [6.07, 6.45) is 6.64. The van der Waals surface area contributed by atoms with Crippen LogP contribution in [0.1, 0.15) is 18.2 Å². The zero-order valence-corrected chi connectivity index (χ0v) is 15.0. The predicted molar refractivity (Wildman–Crippen MR) is 104 cm³/mol. The Morgan fingerprint density at radius 3 is 2.69 bits per heavy atom. The monoisotopic (exact) mass is 348 g/mol. The fraction of sp³-hybridized carbons (Fsp3) is 0.250. The average Bonchev–Trinajstić information content (AvgIpc) is 3.16. The smallest absolute Gasteiger partial charge is 0.191 e. The zero-order chi connectivity index (χ0) is 18.0. The first-order valence-electron chi connectivity index (χ1n) is 8.86. The van der Waals surface area contributed by atoms with Gasteiger partial charge in [0.15, 0.2) is 5.96 Å². The normalized spacial score (nSPS) is 11.3. The number of aromatic nitrogens is 3. The van der Waals surface area contributed by atoms with Gasteiger partial charge in [0.25, 0.3) is 0 Å². The lowest BCUT2D eigenvalue weighted by Crippen LogP contribution is -2.38. The molecule has 0 fully saturated rings. The molecule has 0 aliphatic carbocycles. The van der Waals surface area contributed by atoms with Gasteiger partial charge in [-0.1, -0.05) is 24.3 Å². The van der Waals surface area contributed by atoms with E-state index < -0.39 is 0 Å². The van der Waals surface area contributed by atoms with Gasteiger partial charge in [0, 0.05) is 25.5 Å². The number of rotatable bonds is 7. The molecule has 134 valence electrons. The van der Waals surface area contributed by atoms with E-state index in [9.17, 15) is 0 Å². The minimum Gasteiger partial charge on any atom is -0.357 e. The standard InChI is InChI=1S/C20H24N6/c1-2-21-20(24-15-18-8-6-7-12-22-18)23-13-11-17-14-25-26(16-17)19-9-4-3-5-10-19/h3-10,12,14,16H,2,11,13,15H2,1H3,(H2,21,23,24). The lowest BCUT2D eigenvalue weighted by Gasteiger charge is -2.10. The number of nitrogens with one attached hydrogen (secondary N) is 2. The first-order valence-corrected chi connectivity index (χ1v) is 8.86. The van der Waals surface area contributed by atoms with E-state index in [1.807, 2.05) is 59.4 Å². The largest absolute Gasteiger partial charge is 0.357 e. The van der Waals surface area contributed by atoms with Crippen LogP contribution in [-0.2, 0) is 13.0 Å². The highest BCUT2D eigenvalue weighted by atomic mass is 15.3. The summed E-state index contributed by atoms with van der Waals surface area (Å²) >= 11 is 0. The molecule has 0 saturated carbocycles. The number of hydrogen-bond donors (Lipinski definition) is 2. The highest BCUT2D eigenvalue weighted by Gasteiger charge is 2.02. The summed E-state index contributed by atoms with van der Waals surface area (Å²) in [5.41, 5.74) is 3.20. The molecular weight excluding hydrogens is 324 g/mol. The Morgan fingerprint density at radius 1 is 1.08 bits per heavy atom. The number of aliphatic imine (C=N–C) groups is 1. The van der Waals surface area contributed by atoms with Crippen LogP contribution < -0.4 is 10.6 Å². The molecule has 0 aliphatic rings. The third-order valence-electron chi connectivity index (χ3n) is 3.83. The molecule has 6 nitrogen and oxygen atoms in total. The average molecular weight is 348 g/mol. The van der Waals surface area contributed by atoms with Gasteiger partial charge < -0.3 is 10.6 Å². The summed E-state index contributed by atoms with van der Waals surface area (Å²) in [6, 6.07) is 16.0. The molecule has 0 aliphatic heterocycles. The van der Waals surface area contributed by atoms with E-state index >= 15 is 0 Å². The number of benzene rings is 1. The van der Waals surface area contributed by atoms with Crippen molar-refractivity contribution in [1.29, 1.82) is 0 Å². The zero-order valence-electron chi connectivity index (χ0n) is 15.0. The van der Waals surface area contributed by atoms with Crippen molar-refractivity contribution >= 4 is 5.96 Å². The van der Waals surface area contributed by atoms with Crippen molar-refractivity contribution in [3.63, 3.8) is 0 Å². The van der Waals surface area contributed by atoms with E-state index in [4.69, 9.17) is 0 Å². The molecule has 1 aromatic carbocycles. The highest BCUT2D eigenvalue weighted by molar-refractivity contribution is 5.79. The molecule has 0 saturated heterocycles. The number of para-hydroxylation sites is 1. The predicted octanol–water partition coefficient (Wildman–Crippen LogP) is 2.57. The van der Waals surface area contributed by atoms with Gasteiger partial charge in [0.2, 0.25) is 0 Å². The van der Waals surface area contributed by atoms with E-state index in [1.165, 1.54) is 5.56 Å². The fourth-order valence-electron chi connectivity index (χ4n) is 2.53. The van der Waals surface area contributed by atoms with Crippen molar-refractivity contribution < 1.29 is 0 Å². The second-order valence-electron chi connectivity index (χ2n) is 5.82. The molecule has 3 rings (SSSR count). The van der Waals surface area contributed by atoms with Gasteiger partial charge in [-0.15, -0.1) is 0 Å². The molecule has 2 heterocycles. The topological polar surface area (TPSA) is 67.1 Å². The first kappa shape index (κ1) is 17.7. The molecule has 0 bridgehead atoms. The summed E-state index contributed by atoms with van der Waals surface area (Å²) in [7, 11) is 0. The maximum absolute atomic E-state index is 4.58. The Kier molecular flexibility index (Phi) is 6.36. The first-order chi connectivity index (χ1) is 12.8. The van der Waals surface area contributed by atoms with Crippen LogP contribution in [0.5, 0.6) is 0 Å². The molecule has 0 amide bonds. The molecule has 2 N–H and O–H groups in total. The molecule has 6 heteroatoms. The molecule has 0 spiro atoms. The molecule has 0 unspecified atom stereocenters. The van der Waals surface area contributed by atoms with Crippen LogP contribution in [0.4, 0.5) is 0 Å². The van der Waals surface area contributed by atoms with E-state index in [2.05, 4.69) is 38.8 Å². The highest BCUT2D eigenvalue weighted by Crippen LogP contribution is 2.07. The molecular formula is C20H24N6. The number of pyridine rings is 1. The Morgan fingerprint density at radius 2 is 1.92 bits per heavy atom. The Labute approximate surface area is 154 Å². The van der Waals surface area contributed by atoms with E-state index in [-0.39, 0.29) is 0 Å². The summed E-state index contributed by atoms with van der Waals surface area (Å²) in [6.45, 7) is 4.22. The van der Waals surface area contributed by atoms with Gasteiger partial charge in [-0.2, -0.15) is 5.10 Å². The Balaban J connectivity index is 1.52. The van der Waals surface area contributed by atoms with E-state index in [0.717, 1.165) is 36.9 Å². The minimum atomic E-state index is 0.558.